The summed E-state index contributed by atoms with van der Waals surface area (Å²) in [5.41, 5.74) is 6.36. The smallest absolute Gasteiger partial charge is 0.257 e. The van der Waals surface area contributed by atoms with E-state index in [1.165, 1.54) is 0 Å². The van der Waals surface area contributed by atoms with Crippen LogP contribution in [0.5, 0.6) is 5.75 Å². The van der Waals surface area contributed by atoms with Gasteiger partial charge in [-0.25, -0.2) is 0 Å². The summed E-state index contributed by atoms with van der Waals surface area (Å²) in [4.78, 5) is 4.27. The monoisotopic (exact) mass is 327 g/mol. The molecule has 0 spiro atoms. The number of aromatic nitrogens is 2. The summed E-state index contributed by atoms with van der Waals surface area (Å²) in [5.74, 6) is 1.59. The van der Waals surface area contributed by atoms with E-state index in [1.54, 1.807) is 14.2 Å². The zero-order valence-corrected chi connectivity index (χ0v) is 12.2. The molecule has 0 aliphatic heterocycles. The molecule has 0 bridgehead atoms. The molecule has 0 aliphatic carbocycles. The Morgan fingerprint density at radius 2 is 2.21 bits per heavy atom. The van der Waals surface area contributed by atoms with Gasteiger partial charge in [-0.2, -0.15) is 4.98 Å². The zero-order valence-electron chi connectivity index (χ0n) is 10.6. The molecule has 1 heterocycles. The molecule has 2 N–H and O–H groups in total. The van der Waals surface area contributed by atoms with Crippen molar-refractivity contribution in [2.75, 3.05) is 20.8 Å². The van der Waals surface area contributed by atoms with Gasteiger partial charge in [0.25, 0.3) is 5.89 Å². The molecule has 2 rings (SSSR count). The van der Waals surface area contributed by atoms with Crippen LogP contribution in [0.2, 0.25) is 0 Å². The van der Waals surface area contributed by atoms with Gasteiger partial charge in [-0.05, 0) is 34.1 Å². The molecular weight excluding hydrogens is 314 g/mol. The van der Waals surface area contributed by atoms with Crippen LogP contribution in [-0.4, -0.2) is 30.9 Å². The van der Waals surface area contributed by atoms with E-state index < -0.39 is 0 Å². The number of rotatable bonds is 5. The van der Waals surface area contributed by atoms with Crippen LogP contribution in [-0.2, 0) is 4.74 Å². The molecule has 1 aromatic heterocycles. The van der Waals surface area contributed by atoms with Crippen LogP contribution in [0, 0.1) is 0 Å². The molecule has 7 heteroatoms. The molecule has 0 saturated carbocycles. The minimum absolute atomic E-state index is 0.282. The number of benzene rings is 1. The first-order chi connectivity index (χ1) is 9.19. The van der Waals surface area contributed by atoms with Gasteiger partial charge in [-0.1, -0.05) is 5.16 Å². The summed E-state index contributed by atoms with van der Waals surface area (Å²) in [6.07, 6.45) is -0.386. The van der Waals surface area contributed by atoms with Gasteiger partial charge in [0, 0.05) is 19.2 Å². The van der Waals surface area contributed by atoms with Gasteiger partial charge in [0.15, 0.2) is 0 Å². The number of halogens is 1. The number of methoxy groups -OCH3 is 2. The Balaban J connectivity index is 2.30. The van der Waals surface area contributed by atoms with E-state index in [1.807, 2.05) is 18.2 Å². The third kappa shape index (κ3) is 2.94. The maximum absolute atomic E-state index is 5.55. The third-order valence-corrected chi connectivity index (χ3v) is 3.25. The first-order valence-electron chi connectivity index (χ1n) is 5.60. The highest BCUT2D eigenvalue weighted by Crippen LogP contribution is 2.29. The van der Waals surface area contributed by atoms with E-state index >= 15 is 0 Å². The Bertz CT molecular complexity index is 555. The lowest BCUT2D eigenvalue weighted by Crippen LogP contribution is -2.14. The largest absolute Gasteiger partial charge is 0.496 e. The van der Waals surface area contributed by atoms with E-state index in [0.29, 0.717) is 11.7 Å². The van der Waals surface area contributed by atoms with E-state index in [0.717, 1.165) is 15.8 Å². The predicted octanol–water partition coefficient (Wildman–Crippen LogP) is 2.15. The molecule has 0 amide bonds. The molecule has 102 valence electrons. The Morgan fingerprint density at radius 3 is 2.79 bits per heavy atom. The Kier molecular flexibility index (Phi) is 4.52. The van der Waals surface area contributed by atoms with Crippen molar-refractivity contribution in [3.8, 4) is 17.1 Å². The summed E-state index contributed by atoms with van der Waals surface area (Å²) in [6, 6.07) is 5.53. The summed E-state index contributed by atoms with van der Waals surface area (Å²) in [5, 5.41) is 3.92. The van der Waals surface area contributed by atoms with Crippen molar-refractivity contribution in [1.82, 2.24) is 10.1 Å². The van der Waals surface area contributed by atoms with Crippen molar-refractivity contribution in [2.24, 2.45) is 5.73 Å². The van der Waals surface area contributed by atoms with Crippen LogP contribution in [0.3, 0.4) is 0 Å². The molecule has 0 saturated heterocycles. The van der Waals surface area contributed by atoms with Gasteiger partial charge >= 0.3 is 0 Å². The fourth-order valence-electron chi connectivity index (χ4n) is 1.59. The topological polar surface area (TPSA) is 83.4 Å². The van der Waals surface area contributed by atoms with Crippen molar-refractivity contribution >= 4 is 15.9 Å². The van der Waals surface area contributed by atoms with E-state index in [2.05, 4.69) is 26.1 Å². The van der Waals surface area contributed by atoms with Gasteiger partial charge in [-0.3, -0.25) is 0 Å². The minimum atomic E-state index is -0.386. The lowest BCUT2D eigenvalue weighted by Gasteiger charge is -2.05. The highest BCUT2D eigenvalue weighted by Gasteiger charge is 2.18. The van der Waals surface area contributed by atoms with Crippen LogP contribution in [0.15, 0.2) is 27.2 Å². The summed E-state index contributed by atoms with van der Waals surface area (Å²) < 4.78 is 16.3. The second kappa shape index (κ2) is 6.14. The molecule has 6 nitrogen and oxygen atoms in total. The lowest BCUT2D eigenvalue weighted by molar-refractivity contribution is 0.0804. The van der Waals surface area contributed by atoms with Gasteiger partial charge in [0.1, 0.15) is 11.9 Å². The Morgan fingerprint density at radius 1 is 1.42 bits per heavy atom. The second-order valence-electron chi connectivity index (χ2n) is 3.77. The quantitative estimate of drug-likeness (QED) is 0.905. The van der Waals surface area contributed by atoms with Crippen LogP contribution < -0.4 is 10.5 Å². The first kappa shape index (κ1) is 14.0. The van der Waals surface area contributed by atoms with Gasteiger partial charge in [-0.15, -0.1) is 0 Å². The number of hydrogen-bond donors (Lipinski definition) is 1. The fraction of sp³-hybridized carbons (Fsp3) is 0.333. The van der Waals surface area contributed by atoms with Crippen molar-refractivity contribution in [1.29, 1.82) is 0 Å². The first-order valence-corrected chi connectivity index (χ1v) is 6.39. The predicted molar refractivity (Wildman–Crippen MR) is 72.8 cm³/mol. The van der Waals surface area contributed by atoms with Gasteiger partial charge in [0.05, 0.1) is 11.6 Å². The second-order valence-corrected chi connectivity index (χ2v) is 4.62. The molecule has 0 radical (unpaired) electrons. The van der Waals surface area contributed by atoms with E-state index in [4.69, 9.17) is 19.7 Å². The molecule has 2 aromatic rings. The molecular formula is C12H14BrN3O3. The maximum Gasteiger partial charge on any atom is 0.257 e. The van der Waals surface area contributed by atoms with Crippen molar-refractivity contribution in [2.45, 2.75) is 6.10 Å². The molecule has 1 unspecified atom stereocenters. The molecule has 1 atom stereocenters. The molecule has 1 aromatic carbocycles. The normalized spacial score (nSPS) is 12.4. The summed E-state index contributed by atoms with van der Waals surface area (Å²) in [6.45, 7) is 0.282. The van der Waals surface area contributed by atoms with Crippen molar-refractivity contribution < 1.29 is 14.0 Å². The average Bonchev–Trinajstić information content (AvgIpc) is 2.90. The highest BCUT2D eigenvalue weighted by atomic mass is 79.9. The number of nitrogens with two attached hydrogens (primary N) is 1. The fourth-order valence-corrected chi connectivity index (χ4v) is 2.13. The zero-order chi connectivity index (χ0) is 13.8. The van der Waals surface area contributed by atoms with Crippen molar-refractivity contribution in [3.63, 3.8) is 0 Å². The standard InChI is InChI=1S/C12H14BrN3O3/c1-17-9-4-3-7(5-8(9)13)11-15-12(19-16-11)10(6-14)18-2/h3-5,10H,6,14H2,1-2H3. The van der Waals surface area contributed by atoms with Crippen LogP contribution in [0.4, 0.5) is 0 Å². The number of hydrogen-bond acceptors (Lipinski definition) is 6. The highest BCUT2D eigenvalue weighted by molar-refractivity contribution is 9.10. The van der Waals surface area contributed by atoms with Gasteiger partial charge in [0.2, 0.25) is 5.82 Å². The molecule has 19 heavy (non-hydrogen) atoms. The molecule has 0 fully saturated rings. The Hall–Kier alpha value is -1.44. The third-order valence-electron chi connectivity index (χ3n) is 2.63. The maximum atomic E-state index is 5.55. The van der Waals surface area contributed by atoms with Gasteiger partial charge < -0.3 is 19.7 Å². The van der Waals surface area contributed by atoms with Crippen LogP contribution in [0.25, 0.3) is 11.4 Å². The van der Waals surface area contributed by atoms with Crippen molar-refractivity contribution in [3.05, 3.63) is 28.6 Å². The van der Waals surface area contributed by atoms with E-state index in [-0.39, 0.29) is 12.6 Å². The average molecular weight is 328 g/mol. The summed E-state index contributed by atoms with van der Waals surface area (Å²) >= 11 is 3.41. The Labute approximate surface area is 119 Å². The van der Waals surface area contributed by atoms with E-state index in [9.17, 15) is 0 Å². The number of nitrogens with zero attached hydrogens (tertiary/aromatic N) is 2. The summed E-state index contributed by atoms with van der Waals surface area (Å²) in [7, 11) is 3.15. The minimum Gasteiger partial charge on any atom is -0.496 e. The SMILES string of the molecule is COc1ccc(-c2noc(C(CN)OC)n2)cc1Br. The lowest BCUT2D eigenvalue weighted by atomic mass is 10.2. The molecule has 0 aliphatic rings. The van der Waals surface area contributed by atoms with Crippen LogP contribution >= 0.6 is 15.9 Å². The number of ether oxygens (including phenoxy) is 2. The van der Waals surface area contributed by atoms with Crippen LogP contribution in [0.1, 0.15) is 12.0 Å².